The first-order chi connectivity index (χ1) is 15.9. The second-order valence-electron chi connectivity index (χ2n) is 8.36. The van der Waals surface area contributed by atoms with Gasteiger partial charge in [-0.05, 0) is 45.1 Å². The van der Waals surface area contributed by atoms with Gasteiger partial charge >= 0.3 is 5.97 Å². The molecular weight excluding hydrogens is 422 g/mol. The Balaban J connectivity index is 1.53. The van der Waals surface area contributed by atoms with Crippen LogP contribution in [0.1, 0.15) is 50.4 Å². The van der Waals surface area contributed by atoms with Crippen molar-refractivity contribution in [2.45, 2.75) is 58.5 Å². The van der Waals surface area contributed by atoms with Gasteiger partial charge in [0.1, 0.15) is 5.82 Å². The van der Waals surface area contributed by atoms with E-state index in [9.17, 15) is 9.90 Å². The molecule has 0 aliphatic heterocycles. The minimum absolute atomic E-state index is 0.142. The van der Waals surface area contributed by atoms with Gasteiger partial charge in [-0.2, -0.15) is 5.10 Å². The normalized spacial score (nSPS) is 18.2. The third-order valence-electron chi connectivity index (χ3n) is 5.83. The van der Waals surface area contributed by atoms with E-state index in [2.05, 4.69) is 37.3 Å². The molecule has 4 rings (SSSR count). The molecule has 0 aromatic carbocycles. The zero-order chi connectivity index (χ0) is 23.4. The number of carbonyl (C=O) groups is 1. The Morgan fingerprint density at radius 2 is 2.12 bits per heavy atom. The zero-order valence-corrected chi connectivity index (χ0v) is 19.2. The Labute approximate surface area is 192 Å². The van der Waals surface area contributed by atoms with Gasteiger partial charge in [0.25, 0.3) is 0 Å². The van der Waals surface area contributed by atoms with E-state index in [-0.39, 0.29) is 12.0 Å². The van der Waals surface area contributed by atoms with E-state index < -0.39 is 5.97 Å². The summed E-state index contributed by atoms with van der Waals surface area (Å²) in [6, 6.07) is 1.91. The summed E-state index contributed by atoms with van der Waals surface area (Å²) in [5.41, 5.74) is 2.38. The van der Waals surface area contributed by atoms with E-state index >= 15 is 0 Å². The molecule has 0 radical (unpaired) electrons. The average molecular weight is 452 g/mol. The molecular formula is C23H29N7O3. The van der Waals surface area contributed by atoms with Gasteiger partial charge in [0.05, 0.1) is 35.7 Å². The van der Waals surface area contributed by atoms with Crippen LogP contribution in [0.4, 0.5) is 11.8 Å². The molecule has 1 fully saturated rings. The highest BCUT2D eigenvalue weighted by Gasteiger charge is 2.28. The fourth-order valence-electron chi connectivity index (χ4n) is 4.06. The van der Waals surface area contributed by atoms with Gasteiger partial charge in [0.15, 0.2) is 11.6 Å². The fourth-order valence-corrected chi connectivity index (χ4v) is 4.06. The molecule has 0 spiro atoms. The second kappa shape index (κ2) is 9.93. The number of nitrogens with zero attached hydrogens (tertiary/aromatic N) is 6. The number of nitrogens with one attached hydrogen (secondary N) is 1. The van der Waals surface area contributed by atoms with Crippen molar-refractivity contribution in [2.24, 2.45) is 13.0 Å². The van der Waals surface area contributed by atoms with E-state index in [0.717, 1.165) is 36.9 Å². The first-order valence-corrected chi connectivity index (χ1v) is 11.3. The third kappa shape index (κ3) is 5.27. The number of hydrogen-bond acceptors (Lipinski definition) is 8. The quantitative estimate of drug-likeness (QED) is 0.527. The molecule has 1 saturated carbocycles. The lowest BCUT2D eigenvalue weighted by Gasteiger charge is -2.27. The SMILES string of the molecule is CCCc1ccnc(Nc2c(-c3ncc(O[C@H]4CCC[C@H](C(=O)O)C4)c(C)n3)cnn2C)n1. The van der Waals surface area contributed by atoms with Crippen LogP contribution in [0.2, 0.25) is 0 Å². The maximum Gasteiger partial charge on any atom is 0.306 e. The van der Waals surface area contributed by atoms with Crippen LogP contribution in [0.25, 0.3) is 11.4 Å². The molecule has 33 heavy (non-hydrogen) atoms. The van der Waals surface area contributed by atoms with Gasteiger partial charge in [-0.25, -0.2) is 19.9 Å². The minimum Gasteiger partial charge on any atom is -0.487 e. The van der Waals surface area contributed by atoms with Crippen molar-refractivity contribution in [3.63, 3.8) is 0 Å². The Morgan fingerprint density at radius 3 is 2.88 bits per heavy atom. The highest BCUT2D eigenvalue weighted by atomic mass is 16.5. The number of carboxylic acids is 1. The summed E-state index contributed by atoms with van der Waals surface area (Å²) >= 11 is 0. The molecule has 3 aromatic rings. The monoisotopic (exact) mass is 451 g/mol. The maximum absolute atomic E-state index is 11.3. The van der Waals surface area contributed by atoms with E-state index in [1.54, 1.807) is 23.3 Å². The number of aliphatic carboxylic acids is 1. The van der Waals surface area contributed by atoms with Gasteiger partial charge in [0.2, 0.25) is 5.95 Å². The van der Waals surface area contributed by atoms with Crippen molar-refractivity contribution in [3.05, 3.63) is 36.0 Å². The number of aromatic nitrogens is 6. The lowest BCUT2D eigenvalue weighted by Crippen LogP contribution is -2.29. The molecule has 3 aromatic heterocycles. The van der Waals surface area contributed by atoms with E-state index in [4.69, 9.17) is 4.74 Å². The van der Waals surface area contributed by atoms with Crippen molar-refractivity contribution in [2.75, 3.05) is 5.32 Å². The summed E-state index contributed by atoms with van der Waals surface area (Å²) in [5, 5.41) is 16.9. The van der Waals surface area contributed by atoms with Crippen molar-refractivity contribution in [1.29, 1.82) is 0 Å². The van der Waals surface area contributed by atoms with Crippen LogP contribution in [0.3, 0.4) is 0 Å². The number of ether oxygens (including phenoxy) is 1. The Bertz CT molecular complexity index is 1130. The maximum atomic E-state index is 11.3. The largest absolute Gasteiger partial charge is 0.487 e. The van der Waals surface area contributed by atoms with Crippen molar-refractivity contribution >= 4 is 17.7 Å². The molecule has 1 aliphatic rings. The van der Waals surface area contributed by atoms with Crippen LogP contribution in [0, 0.1) is 12.8 Å². The first kappa shape index (κ1) is 22.6. The highest BCUT2D eigenvalue weighted by Crippen LogP contribution is 2.31. The number of aryl methyl sites for hydroxylation is 3. The summed E-state index contributed by atoms with van der Waals surface area (Å²) in [6.45, 7) is 3.97. The molecule has 10 nitrogen and oxygen atoms in total. The van der Waals surface area contributed by atoms with Gasteiger partial charge in [-0.1, -0.05) is 13.3 Å². The minimum atomic E-state index is -0.757. The Morgan fingerprint density at radius 1 is 1.27 bits per heavy atom. The summed E-state index contributed by atoms with van der Waals surface area (Å²) in [7, 11) is 1.83. The summed E-state index contributed by atoms with van der Waals surface area (Å²) in [4.78, 5) is 29.4. The lowest BCUT2D eigenvalue weighted by molar-refractivity contribution is -0.143. The lowest BCUT2D eigenvalue weighted by atomic mass is 9.87. The topological polar surface area (TPSA) is 128 Å². The predicted molar refractivity (Wildman–Crippen MR) is 122 cm³/mol. The highest BCUT2D eigenvalue weighted by molar-refractivity contribution is 5.73. The van der Waals surface area contributed by atoms with Crippen LogP contribution in [0.5, 0.6) is 5.75 Å². The van der Waals surface area contributed by atoms with E-state index in [0.29, 0.717) is 41.9 Å². The van der Waals surface area contributed by atoms with Crippen LogP contribution in [-0.4, -0.2) is 46.9 Å². The molecule has 2 atom stereocenters. The fraction of sp³-hybridized carbons (Fsp3) is 0.478. The number of anilines is 2. The zero-order valence-electron chi connectivity index (χ0n) is 19.2. The molecule has 0 amide bonds. The molecule has 174 valence electrons. The van der Waals surface area contributed by atoms with Crippen molar-refractivity contribution < 1.29 is 14.6 Å². The molecule has 0 bridgehead atoms. The van der Waals surface area contributed by atoms with Crippen molar-refractivity contribution in [1.82, 2.24) is 29.7 Å². The second-order valence-corrected chi connectivity index (χ2v) is 8.36. The predicted octanol–water partition coefficient (Wildman–Crippen LogP) is 3.69. The van der Waals surface area contributed by atoms with Crippen LogP contribution in [-0.2, 0) is 18.3 Å². The van der Waals surface area contributed by atoms with Crippen LogP contribution in [0.15, 0.2) is 24.7 Å². The summed E-state index contributed by atoms with van der Waals surface area (Å²) in [5.74, 6) is 1.15. The Hall–Kier alpha value is -3.56. The van der Waals surface area contributed by atoms with Gasteiger partial charge < -0.3 is 15.2 Å². The first-order valence-electron chi connectivity index (χ1n) is 11.3. The Kier molecular flexibility index (Phi) is 6.81. The van der Waals surface area contributed by atoms with Crippen LogP contribution >= 0.6 is 0 Å². The third-order valence-corrected chi connectivity index (χ3v) is 5.83. The summed E-state index contributed by atoms with van der Waals surface area (Å²) in [6.07, 6.45) is 9.71. The molecule has 1 aliphatic carbocycles. The van der Waals surface area contributed by atoms with Gasteiger partial charge in [0, 0.05) is 18.9 Å². The molecule has 0 unspecified atom stereocenters. The van der Waals surface area contributed by atoms with Crippen LogP contribution < -0.4 is 10.1 Å². The summed E-state index contributed by atoms with van der Waals surface area (Å²) < 4.78 is 7.78. The number of carboxylic acid groups (broad SMARTS) is 1. The average Bonchev–Trinajstić information content (AvgIpc) is 3.16. The standard InChI is InChI=1S/C23H29N7O3/c1-4-6-16-9-10-24-23(28-16)29-21-18(12-26-30(21)3)20-25-13-19(14(2)27-20)33-17-8-5-7-15(11-17)22(31)32/h9-10,12-13,15,17H,4-8,11H2,1-3H3,(H,31,32)(H,24,28,29)/t15-,17-/m0/s1. The number of rotatable bonds is 8. The van der Waals surface area contributed by atoms with E-state index in [1.165, 1.54) is 0 Å². The van der Waals surface area contributed by atoms with E-state index in [1.807, 2.05) is 20.0 Å². The van der Waals surface area contributed by atoms with Gasteiger partial charge in [-0.15, -0.1) is 0 Å². The molecule has 10 heteroatoms. The van der Waals surface area contributed by atoms with Gasteiger partial charge in [-0.3, -0.25) is 9.48 Å². The van der Waals surface area contributed by atoms with Crippen molar-refractivity contribution in [3.8, 4) is 17.1 Å². The molecule has 0 saturated heterocycles. The number of hydrogen-bond donors (Lipinski definition) is 2. The molecule has 2 N–H and O–H groups in total. The molecule has 3 heterocycles. The smallest absolute Gasteiger partial charge is 0.306 e.